The zero-order valence-corrected chi connectivity index (χ0v) is 12.6. The fourth-order valence-electron chi connectivity index (χ4n) is 2.03. The zero-order valence-electron chi connectivity index (χ0n) is 12.6. The van der Waals surface area contributed by atoms with Gasteiger partial charge in [-0.1, -0.05) is 36.4 Å². The lowest BCUT2D eigenvalue weighted by Gasteiger charge is -2.13. The van der Waals surface area contributed by atoms with Gasteiger partial charge >= 0.3 is 12.3 Å². The lowest BCUT2D eigenvalue weighted by atomic mass is 10.0. The first-order valence-electron chi connectivity index (χ1n) is 6.88. The lowest BCUT2D eigenvalue weighted by molar-refractivity contribution is -0.274. The van der Waals surface area contributed by atoms with Crippen LogP contribution in [0.25, 0.3) is 11.1 Å². The highest BCUT2D eigenvalue weighted by atomic mass is 19.4. The molecule has 2 aromatic rings. The van der Waals surface area contributed by atoms with Gasteiger partial charge in [-0.15, -0.1) is 13.2 Å². The molecular weight excluding hydrogens is 325 g/mol. The summed E-state index contributed by atoms with van der Waals surface area (Å²) in [6.45, 7) is 0.744. The van der Waals surface area contributed by atoms with Gasteiger partial charge in [-0.05, 0) is 17.7 Å². The van der Waals surface area contributed by atoms with Crippen LogP contribution < -0.4 is 4.74 Å². The van der Waals surface area contributed by atoms with E-state index >= 15 is 0 Å². The van der Waals surface area contributed by atoms with Crippen LogP contribution in [0.2, 0.25) is 0 Å². The topological polar surface area (TPSA) is 52.6 Å². The van der Waals surface area contributed by atoms with Gasteiger partial charge in [0.25, 0.3) is 0 Å². The second kappa shape index (κ2) is 7.16. The van der Waals surface area contributed by atoms with Crippen molar-refractivity contribution in [3.8, 4) is 16.9 Å². The Labute approximate surface area is 135 Å². The maximum Gasteiger partial charge on any atom is 0.573 e. The molecule has 24 heavy (non-hydrogen) atoms. The first kappa shape index (κ1) is 17.5. The van der Waals surface area contributed by atoms with Crippen molar-refractivity contribution in [2.24, 2.45) is 0 Å². The van der Waals surface area contributed by atoms with E-state index in [0.29, 0.717) is 5.56 Å². The number of hydrogen-bond donors (Lipinski definition) is 0. The van der Waals surface area contributed by atoms with E-state index in [4.69, 9.17) is 0 Å². The highest BCUT2D eigenvalue weighted by Crippen LogP contribution is 2.33. The second-order valence-corrected chi connectivity index (χ2v) is 4.83. The third kappa shape index (κ3) is 4.84. The maximum atomic E-state index is 12.5. The van der Waals surface area contributed by atoms with Gasteiger partial charge in [-0.2, -0.15) is 0 Å². The largest absolute Gasteiger partial charge is 0.573 e. The van der Waals surface area contributed by atoms with Crippen LogP contribution in [0.1, 0.15) is 17.3 Å². The highest BCUT2D eigenvalue weighted by molar-refractivity contribution is 5.99. The van der Waals surface area contributed by atoms with E-state index in [1.165, 1.54) is 43.3 Å². The van der Waals surface area contributed by atoms with Crippen LogP contribution in [0.15, 0.2) is 48.5 Å². The summed E-state index contributed by atoms with van der Waals surface area (Å²) in [5.41, 5.74) is 0.788. The molecule has 2 aromatic carbocycles. The van der Waals surface area contributed by atoms with Gasteiger partial charge in [-0.3, -0.25) is 9.59 Å². The Hall–Kier alpha value is -2.83. The Morgan fingerprint density at radius 3 is 2.42 bits per heavy atom. The van der Waals surface area contributed by atoms with E-state index in [2.05, 4.69) is 9.47 Å². The average Bonchev–Trinajstić information content (AvgIpc) is 2.51. The number of carbonyl (C=O) groups is 2. The number of rotatable bonds is 5. The maximum absolute atomic E-state index is 12.5. The Balaban J connectivity index is 2.32. The van der Waals surface area contributed by atoms with E-state index in [1.807, 2.05) is 0 Å². The summed E-state index contributed by atoms with van der Waals surface area (Å²) in [7, 11) is 0. The van der Waals surface area contributed by atoms with Crippen molar-refractivity contribution in [1.29, 1.82) is 0 Å². The molecule has 7 heteroatoms. The minimum atomic E-state index is -4.82. The molecule has 0 aromatic heterocycles. The smallest absolute Gasteiger partial charge is 0.457 e. The second-order valence-electron chi connectivity index (χ2n) is 4.83. The molecule has 2 rings (SSSR count). The molecule has 0 bridgehead atoms. The fraction of sp³-hybridized carbons (Fsp3) is 0.176. The summed E-state index contributed by atoms with van der Waals surface area (Å²) < 4.78 is 46.1. The fourth-order valence-corrected chi connectivity index (χ4v) is 2.03. The van der Waals surface area contributed by atoms with Crippen molar-refractivity contribution in [3.05, 3.63) is 54.1 Å². The van der Waals surface area contributed by atoms with Crippen molar-refractivity contribution in [3.63, 3.8) is 0 Å². The number of alkyl halides is 3. The number of Topliss-reactive ketones (excluding diaryl/α,β-unsaturated/α-hetero) is 1. The minimum Gasteiger partial charge on any atom is -0.457 e. The molecule has 0 aliphatic heterocycles. The molecule has 126 valence electrons. The Bertz CT molecular complexity index is 753. The molecular formula is C17H13F3O4. The lowest BCUT2D eigenvalue weighted by Crippen LogP contribution is -2.17. The molecule has 0 aliphatic carbocycles. The van der Waals surface area contributed by atoms with Crippen molar-refractivity contribution in [2.45, 2.75) is 13.3 Å². The zero-order chi connectivity index (χ0) is 17.7. The van der Waals surface area contributed by atoms with Crippen LogP contribution in [-0.2, 0) is 9.53 Å². The van der Waals surface area contributed by atoms with Gasteiger partial charge in [-0.25, -0.2) is 0 Å². The monoisotopic (exact) mass is 338 g/mol. The molecule has 0 radical (unpaired) electrons. The number of hydrogen-bond acceptors (Lipinski definition) is 4. The SMILES string of the molecule is CC(=O)OCC(=O)c1cccc(-c2ccccc2OC(F)(F)F)c1. The molecule has 0 amide bonds. The van der Waals surface area contributed by atoms with Gasteiger partial charge in [0, 0.05) is 18.1 Å². The number of esters is 1. The van der Waals surface area contributed by atoms with Gasteiger partial charge < -0.3 is 9.47 Å². The van der Waals surface area contributed by atoms with Gasteiger partial charge in [0.2, 0.25) is 0 Å². The van der Waals surface area contributed by atoms with E-state index in [-0.39, 0.29) is 16.9 Å². The summed E-state index contributed by atoms with van der Waals surface area (Å²) in [6.07, 6.45) is -4.82. The summed E-state index contributed by atoms with van der Waals surface area (Å²) in [6, 6.07) is 11.6. The molecule has 0 unspecified atom stereocenters. The Kier molecular flexibility index (Phi) is 5.23. The number of benzene rings is 2. The van der Waals surface area contributed by atoms with Gasteiger partial charge in [0.15, 0.2) is 12.4 Å². The minimum absolute atomic E-state index is 0.192. The molecule has 4 nitrogen and oxygen atoms in total. The van der Waals surface area contributed by atoms with Crippen LogP contribution in [-0.4, -0.2) is 24.7 Å². The number of carbonyl (C=O) groups excluding carboxylic acids is 2. The summed E-state index contributed by atoms with van der Waals surface area (Å²) in [5, 5.41) is 0. The average molecular weight is 338 g/mol. The van der Waals surface area contributed by atoms with Crippen LogP contribution in [0, 0.1) is 0 Å². The predicted molar refractivity (Wildman–Crippen MR) is 79.5 cm³/mol. The van der Waals surface area contributed by atoms with E-state index < -0.39 is 24.7 Å². The predicted octanol–water partition coefficient (Wildman–Crippen LogP) is 4.00. The number of ether oxygens (including phenoxy) is 2. The van der Waals surface area contributed by atoms with Crippen LogP contribution in [0.5, 0.6) is 5.75 Å². The molecule has 0 heterocycles. The molecule has 0 atom stereocenters. The van der Waals surface area contributed by atoms with Crippen molar-refractivity contribution in [1.82, 2.24) is 0 Å². The van der Waals surface area contributed by atoms with Crippen molar-refractivity contribution >= 4 is 11.8 Å². The van der Waals surface area contributed by atoms with E-state index in [9.17, 15) is 22.8 Å². The number of ketones is 1. The van der Waals surface area contributed by atoms with Crippen LogP contribution in [0.3, 0.4) is 0 Å². The third-order valence-corrected chi connectivity index (χ3v) is 3.01. The molecule has 0 aliphatic rings. The number of para-hydroxylation sites is 1. The molecule has 0 saturated heterocycles. The summed E-state index contributed by atoms with van der Waals surface area (Å²) in [4.78, 5) is 22.7. The van der Waals surface area contributed by atoms with Gasteiger partial charge in [0.05, 0.1) is 0 Å². The first-order valence-corrected chi connectivity index (χ1v) is 6.88. The molecule has 0 saturated carbocycles. The van der Waals surface area contributed by atoms with E-state index in [1.54, 1.807) is 12.1 Å². The first-order chi connectivity index (χ1) is 11.3. The van der Waals surface area contributed by atoms with E-state index in [0.717, 1.165) is 0 Å². The quantitative estimate of drug-likeness (QED) is 0.611. The standard InChI is InChI=1S/C17H13F3O4/c1-11(21)23-10-15(22)13-6-4-5-12(9-13)14-7-2-3-8-16(14)24-17(18,19)20/h2-9H,10H2,1H3. The van der Waals surface area contributed by atoms with Crippen molar-refractivity contribution in [2.75, 3.05) is 6.61 Å². The Morgan fingerprint density at radius 2 is 1.75 bits per heavy atom. The molecule has 0 fully saturated rings. The molecule has 0 spiro atoms. The van der Waals surface area contributed by atoms with Gasteiger partial charge in [0.1, 0.15) is 5.75 Å². The van der Waals surface area contributed by atoms with Crippen LogP contribution in [0.4, 0.5) is 13.2 Å². The highest BCUT2D eigenvalue weighted by Gasteiger charge is 2.32. The number of halogens is 3. The van der Waals surface area contributed by atoms with Crippen molar-refractivity contribution < 1.29 is 32.2 Å². The summed E-state index contributed by atoms with van der Waals surface area (Å²) in [5.74, 6) is -1.42. The summed E-state index contributed by atoms with van der Waals surface area (Å²) >= 11 is 0. The third-order valence-electron chi connectivity index (χ3n) is 3.01. The van der Waals surface area contributed by atoms with Crippen LogP contribution >= 0.6 is 0 Å². The normalized spacial score (nSPS) is 11.0. The molecule has 0 N–H and O–H groups in total. The Morgan fingerprint density at radius 1 is 1.04 bits per heavy atom.